The smallest absolute Gasteiger partial charge is 0.0273 e. The van der Waals surface area contributed by atoms with Crippen molar-refractivity contribution in [3.63, 3.8) is 0 Å². The van der Waals surface area contributed by atoms with Crippen LogP contribution in [0.15, 0.2) is 30.7 Å². The molecule has 0 saturated heterocycles. The van der Waals surface area contributed by atoms with E-state index in [0.717, 1.165) is 6.42 Å². The van der Waals surface area contributed by atoms with Crippen LogP contribution in [0.25, 0.3) is 5.57 Å². The predicted octanol–water partition coefficient (Wildman–Crippen LogP) is 2.78. The average Bonchev–Trinajstić information content (AvgIpc) is 2.18. The first kappa shape index (κ1) is 10.8. The van der Waals surface area contributed by atoms with Crippen LogP contribution < -0.4 is 0 Å². The summed E-state index contributed by atoms with van der Waals surface area (Å²) < 4.78 is 0. The van der Waals surface area contributed by atoms with Crippen molar-refractivity contribution in [1.29, 1.82) is 0 Å². The molecule has 0 atom stereocenters. The molecule has 2 heteroatoms. The molecule has 0 bridgehead atoms. The van der Waals surface area contributed by atoms with Gasteiger partial charge >= 0.3 is 0 Å². The molecule has 14 heavy (non-hydrogen) atoms. The maximum atomic E-state index is 4.03. The van der Waals surface area contributed by atoms with Gasteiger partial charge in [0.15, 0.2) is 0 Å². The molecule has 1 heterocycles. The van der Waals surface area contributed by atoms with Gasteiger partial charge in [-0.2, -0.15) is 0 Å². The molecule has 0 amide bonds. The topological polar surface area (TPSA) is 16.1 Å². The standard InChI is InChI=1S/C12H18N2/c1-4-5-12(10-14(2)3)11-6-8-13-9-7-11/h6-10H,4-5H2,1-3H3. The Morgan fingerprint density at radius 1 is 1.36 bits per heavy atom. The van der Waals surface area contributed by atoms with Crippen molar-refractivity contribution in [2.45, 2.75) is 19.8 Å². The molecule has 0 aliphatic carbocycles. The Balaban J connectivity index is 2.89. The van der Waals surface area contributed by atoms with Crippen molar-refractivity contribution >= 4 is 5.57 Å². The number of nitrogens with zero attached hydrogens (tertiary/aromatic N) is 2. The van der Waals surface area contributed by atoms with E-state index in [-0.39, 0.29) is 0 Å². The van der Waals surface area contributed by atoms with Crippen molar-refractivity contribution in [2.75, 3.05) is 14.1 Å². The number of allylic oxidation sites excluding steroid dienone is 1. The molecule has 1 aromatic rings. The van der Waals surface area contributed by atoms with Crippen molar-refractivity contribution < 1.29 is 0 Å². The van der Waals surface area contributed by atoms with E-state index in [1.807, 2.05) is 12.4 Å². The molecule has 1 rings (SSSR count). The lowest BCUT2D eigenvalue weighted by Crippen LogP contribution is -2.02. The number of aromatic nitrogens is 1. The van der Waals surface area contributed by atoms with E-state index in [4.69, 9.17) is 0 Å². The highest BCUT2D eigenvalue weighted by atomic mass is 15.0. The zero-order valence-corrected chi connectivity index (χ0v) is 9.20. The molecule has 0 aliphatic heterocycles. The monoisotopic (exact) mass is 190 g/mol. The Hall–Kier alpha value is -1.31. The largest absolute Gasteiger partial charge is 0.383 e. The normalized spacial score (nSPS) is 11.5. The molecule has 0 aliphatic rings. The Bertz CT molecular complexity index is 288. The Morgan fingerprint density at radius 2 is 2.00 bits per heavy atom. The van der Waals surface area contributed by atoms with Crippen LogP contribution in [0, 0.1) is 0 Å². The summed E-state index contributed by atoms with van der Waals surface area (Å²) >= 11 is 0. The van der Waals surface area contributed by atoms with Gasteiger partial charge in [0.1, 0.15) is 0 Å². The second-order valence-electron chi connectivity index (χ2n) is 3.60. The highest BCUT2D eigenvalue weighted by Gasteiger charge is 1.99. The summed E-state index contributed by atoms with van der Waals surface area (Å²) in [5.41, 5.74) is 2.65. The van der Waals surface area contributed by atoms with Gasteiger partial charge in [-0.1, -0.05) is 13.3 Å². The van der Waals surface area contributed by atoms with E-state index in [1.54, 1.807) is 0 Å². The van der Waals surface area contributed by atoms with Gasteiger partial charge in [0, 0.05) is 32.7 Å². The van der Waals surface area contributed by atoms with Crippen molar-refractivity contribution in [2.24, 2.45) is 0 Å². The fourth-order valence-corrected chi connectivity index (χ4v) is 1.43. The Morgan fingerprint density at radius 3 is 2.50 bits per heavy atom. The van der Waals surface area contributed by atoms with Crippen molar-refractivity contribution in [3.8, 4) is 0 Å². The molecule has 76 valence electrons. The molecule has 0 saturated carbocycles. The van der Waals surface area contributed by atoms with Crippen LogP contribution in [-0.2, 0) is 0 Å². The quantitative estimate of drug-likeness (QED) is 0.725. The van der Waals surface area contributed by atoms with Gasteiger partial charge < -0.3 is 4.90 Å². The lowest BCUT2D eigenvalue weighted by molar-refractivity contribution is 0.563. The molecule has 1 aromatic heterocycles. The minimum atomic E-state index is 1.11. The predicted molar refractivity (Wildman–Crippen MR) is 60.8 cm³/mol. The van der Waals surface area contributed by atoms with E-state index in [9.17, 15) is 0 Å². The first-order valence-electron chi connectivity index (χ1n) is 5.01. The van der Waals surface area contributed by atoms with Crippen LogP contribution in [0.4, 0.5) is 0 Å². The van der Waals surface area contributed by atoms with E-state index in [1.165, 1.54) is 17.6 Å². The zero-order chi connectivity index (χ0) is 10.4. The summed E-state index contributed by atoms with van der Waals surface area (Å²) in [7, 11) is 4.10. The molecule has 0 aromatic carbocycles. The molecule has 0 N–H and O–H groups in total. The van der Waals surface area contributed by atoms with E-state index < -0.39 is 0 Å². The molecule has 2 nitrogen and oxygen atoms in total. The highest BCUT2D eigenvalue weighted by Crippen LogP contribution is 2.18. The molecule has 0 unspecified atom stereocenters. The molecule has 0 radical (unpaired) electrons. The van der Waals surface area contributed by atoms with E-state index in [2.05, 4.69) is 49.2 Å². The maximum Gasteiger partial charge on any atom is 0.0273 e. The minimum Gasteiger partial charge on any atom is -0.383 e. The highest BCUT2D eigenvalue weighted by molar-refractivity contribution is 5.64. The van der Waals surface area contributed by atoms with E-state index >= 15 is 0 Å². The van der Waals surface area contributed by atoms with Gasteiger partial charge in [0.2, 0.25) is 0 Å². The zero-order valence-electron chi connectivity index (χ0n) is 9.20. The van der Waals surface area contributed by atoms with Crippen molar-refractivity contribution in [1.82, 2.24) is 9.88 Å². The summed E-state index contributed by atoms with van der Waals surface area (Å²) in [4.78, 5) is 6.11. The van der Waals surface area contributed by atoms with Gasteiger partial charge in [-0.05, 0) is 29.7 Å². The second kappa shape index (κ2) is 5.43. The van der Waals surface area contributed by atoms with E-state index in [0.29, 0.717) is 0 Å². The summed E-state index contributed by atoms with van der Waals surface area (Å²) in [6.07, 6.45) is 8.14. The third-order valence-corrected chi connectivity index (χ3v) is 1.98. The number of hydrogen-bond acceptors (Lipinski definition) is 2. The summed E-state index contributed by atoms with van der Waals surface area (Å²) in [6.45, 7) is 2.20. The first-order valence-corrected chi connectivity index (χ1v) is 5.01. The van der Waals surface area contributed by atoms with Crippen LogP contribution >= 0.6 is 0 Å². The van der Waals surface area contributed by atoms with Crippen LogP contribution in [-0.4, -0.2) is 24.0 Å². The molecule has 0 spiro atoms. The fourth-order valence-electron chi connectivity index (χ4n) is 1.43. The Kier molecular flexibility index (Phi) is 4.17. The summed E-state index contributed by atoms with van der Waals surface area (Å²) in [6, 6.07) is 4.12. The third-order valence-electron chi connectivity index (χ3n) is 1.98. The Labute approximate surface area is 86.3 Å². The lowest BCUT2D eigenvalue weighted by Gasteiger charge is -2.11. The average molecular weight is 190 g/mol. The minimum absolute atomic E-state index is 1.11. The maximum absolute atomic E-state index is 4.03. The van der Waals surface area contributed by atoms with Crippen LogP contribution in [0.3, 0.4) is 0 Å². The van der Waals surface area contributed by atoms with Crippen LogP contribution in [0.1, 0.15) is 25.3 Å². The van der Waals surface area contributed by atoms with Crippen molar-refractivity contribution in [3.05, 3.63) is 36.3 Å². The van der Waals surface area contributed by atoms with Gasteiger partial charge in [-0.3, -0.25) is 4.98 Å². The first-order chi connectivity index (χ1) is 6.74. The number of hydrogen-bond donors (Lipinski definition) is 0. The van der Waals surface area contributed by atoms with Gasteiger partial charge in [-0.25, -0.2) is 0 Å². The van der Waals surface area contributed by atoms with Gasteiger partial charge in [0.05, 0.1) is 0 Å². The molecular formula is C12H18N2. The molecular weight excluding hydrogens is 172 g/mol. The van der Waals surface area contributed by atoms with Gasteiger partial charge in [-0.15, -0.1) is 0 Å². The van der Waals surface area contributed by atoms with Crippen LogP contribution in [0.2, 0.25) is 0 Å². The molecule has 0 fully saturated rings. The summed E-state index contributed by atoms with van der Waals surface area (Å²) in [5, 5.41) is 0. The number of rotatable bonds is 4. The SMILES string of the molecule is CCCC(=CN(C)C)c1ccncc1. The second-order valence-corrected chi connectivity index (χ2v) is 3.60. The van der Waals surface area contributed by atoms with Gasteiger partial charge in [0.25, 0.3) is 0 Å². The summed E-state index contributed by atoms with van der Waals surface area (Å²) in [5.74, 6) is 0. The van der Waals surface area contributed by atoms with Crippen LogP contribution in [0.5, 0.6) is 0 Å². The third kappa shape index (κ3) is 3.21. The number of pyridine rings is 1. The lowest BCUT2D eigenvalue weighted by atomic mass is 10.0. The fraction of sp³-hybridized carbons (Fsp3) is 0.417.